The zero-order valence-corrected chi connectivity index (χ0v) is 9.21. The van der Waals surface area contributed by atoms with E-state index in [0.717, 1.165) is 6.07 Å². The van der Waals surface area contributed by atoms with Gasteiger partial charge in [0, 0.05) is 18.0 Å². The Morgan fingerprint density at radius 1 is 1.44 bits per heavy atom. The summed E-state index contributed by atoms with van der Waals surface area (Å²) in [5.74, 6) is -1.70. The Hall–Kier alpha value is -2.50. The molecule has 6 heteroatoms. The summed E-state index contributed by atoms with van der Waals surface area (Å²) in [5, 5.41) is 8.82. The van der Waals surface area contributed by atoms with Gasteiger partial charge < -0.3 is 5.11 Å². The molecule has 5 nitrogen and oxygen atoms in total. The molecule has 0 aliphatic carbocycles. The second kappa shape index (κ2) is 4.79. The molecule has 0 radical (unpaired) electrons. The summed E-state index contributed by atoms with van der Waals surface area (Å²) >= 11 is 0. The van der Waals surface area contributed by atoms with Gasteiger partial charge in [0.2, 0.25) is 0 Å². The van der Waals surface area contributed by atoms with Crippen molar-refractivity contribution in [1.82, 2.24) is 9.55 Å². The lowest BCUT2D eigenvalue weighted by Gasteiger charge is -2.06. The Labute approximate surface area is 101 Å². The fourth-order valence-electron chi connectivity index (χ4n) is 1.52. The number of halogens is 1. The van der Waals surface area contributed by atoms with Crippen molar-refractivity contribution in [3.63, 3.8) is 0 Å². The van der Waals surface area contributed by atoms with Crippen LogP contribution in [0.3, 0.4) is 0 Å². The van der Waals surface area contributed by atoms with Crippen LogP contribution in [0.4, 0.5) is 4.39 Å². The minimum absolute atomic E-state index is 0.0247. The van der Waals surface area contributed by atoms with Crippen LogP contribution >= 0.6 is 0 Å². The van der Waals surface area contributed by atoms with Crippen molar-refractivity contribution in [3.05, 3.63) is 64.1 Å². The lowest BCUT2D eigenvalue weighted by molar-refractivity contribution is 0.0696. The van der Waals surface area contributed by atoms with Crippen LogP contribution in [0.1, 0.15) is 15.9 Å². The van der Waals surface area contributed by atoms with Crippen LogP contribution < -0.4 is 5.69 Å². The van der Waals surface area contributed by atoms with E-state index in [0.29, 0.717) is 0 Å². The molecule has 0 amide bonds. The zero-order chi connectivity index (χ0) is 13.1. The highest BCUT2D eigenvalue weighted by Crippen LogP contribution is 2.11. The molecule has 0 saturated heterocycles. The monoisotopic (exact) mass is 248 g/mol. The van der Waals surface area contributed by atoms with Crippen molar-refractivity contribution in [2.75, 3.05) is 0 Å². The highest BCUT2D eigenvalue weighted by atomic mass is 19.1. The number of hydrogen-bond acceptors (Lipinski definition) is 3. The maximum Gasteiger partial charge on any atom is 0.347 e. The smallest absolute Gasteiger partial charge is 0.347 e. The molecule has 92 valence electrons. The van der Waals surface area contributed by atoms with Crippen LogP contribution in [0.25, 0.3) is 0 Å². The summed E-state index contributed by atoms with van der Waals surface area (Å²) in [5.41, 5.74) is -0.411. The fraction of sp³-hybridized carbons (Fsp3) is 0.0833. The third-order valence-electron chi connectivity index (χ3n) is 2.42. The Kier molecular flexibility index (Phi) is 3.18. The van der Waals surface area contributed by atoms with Gasteiger partial charge in [0.1, 0.15) is 5.82 Å². The molecule has 1 aromatic carbocycles. The van der Waals surface area contributed by atoms with Gasteiger partial charge in [-0.05, 0) is 24.3 Å². The average molecular weight is 248 g/mol. The Morgan fingerprint density at radius 2 is 2.22 bits per heavy atom. The number of hydrogen-bond donors (Lipinski definition) is 1. The number of aromatic nitrogens is 2. The molecule has 0 bridgehead atoms. The molecule has 1 aromatic heterocycles. The first-order valence-electron chi connectivity index (χ1n) is 5.11. The normalized spacial score (nSPS) is 10.3. The topological polar surface area (TPSA) is 72.2 Å². The number of aromatic carboxylic acids is 1. The average Bonchev–Trinajstić information content (AvgIpc) is 2.34. The van der Waals surface area contributed by atoms with Gasteiger partial charge in [-0.25, -0.2) is 19.0 Å². The first kappa shape index (κ1) is 12.0. The highest BCUT2D eigenvalue weighted by Gasteiger charge is 2.09. The van der Waals surface area contributed by atoms with Gasteiger partial charge >= 0.3 is 11.7 Å². The largest absolute Gasteiger partial charge is 0.478 e. The van der Waals surface area contributed by atoms with Crippen LogP contribution in [0, 0.1) is 5.82 Å². The first-order chi connectivity index (χ1) is 8.58. The van der Waals surface area contributed by atoms with Gasteiger partial charge in [-0.1, -0.05) is 0 Å². The molecule has 0 spiro atoms. The van der Waals surface area contributed by atoms with Crippen molar-refractivity contribution < 1.29 is 14.3 Å². The van der Waals surface area contributed by atoms with E-state index in [4.69, 9.17) is 5.11 Å². The summed E-state index contributed by atoms with van der Waals surface area (Å²) in [6.45, 7) is -0.0559. The van der Waals surface area contributed by atoms with Crippen LogP contribution in [0.15, 0.2) is 41.5 Å². The van der Waals surface area contributed by atoms with Crippen LogP contribution in [0.5, 0.6) is 0 Å². The Balaban J connectivity index is 2.40. The molecule has 0 atom stereocenters. The van der Waals surface area contributed by atoms with Crippen LogP contribution in [-0.2, 0) is 6.54 Å². The number of rotatable bonds is 3. The van der Waals surface area contributed by atoms with E-state index in [2.05, 4.69) is 4.98 Å². The molecule has 0 saturated carbocycles. The van der Waals surface area contributed by atoms with E-state index in [1.165, 1.54) is 29.1 Å². The molecular weight excluding hydrogens is 239 g/mol. The summed E-state index contributed by atoms with van der Waals surface area (Å²) in [7, 11) is 0. The van der Waals surface area contributed by atoms with E-state index in [-0.39, 0.29) is 17.7 Å². The lowest BCUT2D eigenvalue weighted by atomic mass is 10.1. The van der Waals surface area contributed by atoms with Gasteiger partial charge in [0.25, 0.3) is 0 Å². The maximum absolute atomic E-state index is 13.5. The third-order valence-corrected chi connectivity index (χ3v) is 2.42. The van der Waals surface area contributed by atoms with Crippen LogP contribution in [0.2, 0.25) is 0 Å². The fourth-order valence-corrected chi connectivity index (χ4v) is 1.52. The van der Waals surface area contributed by atoms with Crippen molar-refractivity contribution in [1.29, 1.82) is 0 Å². The lowest BCUT2D eigenvalue weighted by Crippen LogP contribution is -2.22. The molecular formula is C12H9FN2O3. The SMILES string of the molecule is O=C(O)c1ccc(F)c(Cn2cccnc2=O)c1. The van der Waals surface area contributed by atoms with Crippen molar-refractivity contribution in [2.45, 2.75) is 6.54 Å². The van der Waals surface area contributed by atoms with E-state index >= 15 is 0 Å². The molecule has 1 heterocycles. The molecule has 0 fully saturated rings. The van der Waals surface area contributed by atoms with Gasteiger partial charge in [-0.15, -0.1) is 0 Å². The van der Waals surface area contributed by atoms with E-state index in [9.17, 15) is 14.0 Å². The summed E-state index contributed by atoms with van der Waals surface area (Å²) in [4.78, 5) is 25.7. The summed E-state index contributed by atoms with van der Waals surface area (Å²) < 4.78 is 14.7. The molecule has 18 heavy (non-hydrogen) atoms. The van der Waals surface area contributed by atoms with Gasteiger partial charge in [0.05, 0.1) is 12.1 Å². The van der Waals surface area contributed by atoms with Crippen LogP contribution in [-0.4, -0.2) is 20.6 Å². The predicted octanol–water partition coefficient (Wildman–Crippen LogP) is 1.13. The minimum Gasteiger partial charge on any atom is -0.478 e. The third kappa shape index (κ3) is 2.42. The number of nitrogens with zero attached hydrogens (tertiary/aromatic N) is 2. The van der Waals surface area contributed by atoms with Crippen molar-refractivity contribution >= 4 is 5.97 Å². The van der Waals surface area contributed by atoms with E-state index in [1.807, 2.05) is 0 Å². The first-order valence-corrected chi connectivity index (χ1v) is 5.11. The Morgan fingerprint density at radius 3 is 2.89 bits per heavy atom. The maximum atomic E-state index is 13.5. The molecule has 2 aromatic rings. The standard InChI is InChI=1S/C12H9FN2O3/c13-10-3-2-8(11(16)17)6-9(10)7-15-5-1-4-14-12(15)18/h1-6H,7H2,(H,16,17). The molecule has 0 aliphatic rings. The van der Waals surface area contributed by atoms with Crippen molar-refractivity contribution in [3.8, 4) is 0 Å². The zero-order valence-electron chi connectivity index (χ0n) is 9.21. The summed E-state index contributed by atoms with van der Waals surface area (Å²) in [6.07, 6.45) is 2.80. The second-order valence-corrected chi connectivity index (χ2v) is 3.64. The highest BCUT2D eigenvalue weighted by molar-refractivity contribution is 5.87. The number of carboxylic acids is 1. The molecule has 0 unspecified atom stereocenters. The van der Waals surface area contributed by atoms with Gasteiger partial charge in [-0.3, -0.25) is 4.57 Å². The molecule has 0 aliphatic heterocycles. The second-order valence-electron chi connectivity index (χ2n) is 3.64. The van der Waals surface area contributed by atoms with E-state index < -0.39 is 17.5 Å². The predicted molar refractivity (Wildman–Crippen MR) is 61.0 cm³/mol. The number of benzene rings is 1. The molecule has 1 N–H and O–H groups in total. The summed E-state index contributed by atoms with van der Waals surface area (Å²) in [6, 6.07) is 4.99. The van der Waals surface area contributed by atoms with E-state index in [1.54, 1.807) is 6.07 Å². The van der Waals surface area contributed by atoms with Crippen molar-refractivity contribution in [2.24, 2.45) is 0 Å². The minimum atomic E-state index is -1.14. The Bertz CT molecular complexity index is 652. The van der Waals surface area contributed by atoms with Gasteiger partial charge in [-0.2, -0.15) is 0 Å². The number of carbonyl (C=O) groups is 1. The quantitative estimate of drug-likeness (QED) is 0.883. The van der Waals surface area contributed by atoms with Gasteiger partial charge in [0.15, 0.2) is 0 Å². The molecule has 2 rings (SSSR count). The number of carboxylic acid groups (broad SMARTS) is 1.